The minimum Gasteiger partial charge on any atom is -0.298 e. The first-order valence-corrected chi connectivity index (χ1v) is 3.90. The molecular weight excluding hydrogens is 195 g/mol. The van der Waals surface area contributed by atoms with Crippen molar-refractivity contribution in [3.63, 3.8) is 0 Å². The van der Waals surface area contributed by atoms with Crippen LogP contribution in [0.5, 0.6) is 0 Å². The van der Waals surface area contributed by atoms with E-state index < -0.39 is 11.6 Å². The van der Waals surface area contributed by atoms with Gasteiger partial charge in [-0.15, -0.1) is 0 Å². The zero-order chi connectivity index (χ0) is 10.0. The minimum atomic E-state index is -0.852. The summed E-state index contributed by atoms with van der Waals surface area (Å²) in [5.74, 6) is -1.28. The molecule has 2 nitrogen and oxygen atoms in total. The maximum atomic E-state index is 13.2. The van der Waals surface area contributed by atoms with Crippen molar-refractivity contribution in [1.82, 2.24) is 0 Å². The Hall–Kier alpha value is -1.22. The van der Waals surface area contributed by atoms with Gasteiger partial charge in [0, 0.05) is 0 Å². The van der Waals surface area contributed by atoms with Crippen molar-refractivity contribution in [3.8, 4) is 0 Å². The van der Waals surface area contributed by atoms with E-state index in [9.17, 15) is 14.0 Å². The first kappa shape index (κ1) is 9.86. The smallest absolute Gasteiger partial charge is 0.162 e. The topological polar surface area (TPSA) is 34.1 Å². The van der Waals surface area contributed by atoms with Crippen molar-refractivity contribution < 1.29 is 14.0 Å². The van der Waals surface area contributed by atoms with Crippen molar-refractivity contribution in [1.29, 1.82) is 0 Å². The molecule has 0 atom stereocenters. The number of carbonyl (C=O) groups excluding carboxylic acids is 2. The third kappa shape index (κ3) is 1.75. The van der Waals surface area contributed by atoms with E-state index in [0.717, 1.165) is 0 Å². The number of rotatable bonds is 2. The van der Waals surface area contributed by atoms with Gasteiger partial charge in [-0.3, -0.25) is 9.59 Å². The predicted octanol–water partition coefficient (Wildman–Crippen LogP) is 2.49. The molecule has 1 aromatic rings. The largest absolute Gasteiger partial charge is 0.298 e. The standard InChI is InChI=1S/C9H6ClFO2/c1-5(13)6-2-3-8(10)7(4-12)9(6)11/h2-4H,1H3. The van der Waals surface area contributed by atoms with Gasteiger partial charge in [-0.2, -0.15) is 0 Å². The SMILES string of the molecule is CC(=O)c1ccc(Cl)c(C=O)c1F. The number of hydrogen-bond donors (Lipinski definition) is 0. The Labute approximate surface area is 79.3 Å². The highest BCUT2D eigenvalue weighted by molar-refractivity contribution is 6.33. The van der Waals surface area contributed by atoms with E-state index in [2.05, 4.69) is 0 Å². The maximum Gasteiger partial charge on any atom is 0.162 e. The van der Waals surface area contributed by atoms with Gasteiger partial charge in [-0.25, -0.2) is 4.39 Å². The number of halogens is 2. The second kappa shape index (κ2) is 3.66. The van der Waals surface area contributed by atoms with Gasteiger partial charge < -0.3 is 0 Å². The molecule has 1 aromatic carbocycles. The molecule has 0 bridgehead atoms. The first-order chi connectivity index (χ1) is 6.07. The molecule has 0 aliphatic heterocycles. The lowest BCUT2D eigenvalue weighted by molar-refractivity contribution is 0.101. The second-order valence-electron chi connectivity index (χ2n) is 2.50. The molecule has 0 amide bonds. The number of hydrogen-bond acceptors (Lipinski definition) is 2. The molecule has 68 valence electrons. The van der Waals surface area contributed by atoms with E-state index in [-0.39, 0.29) is 16.1 Å². The summed E-state index contributed by atoms with van der Waals surface area (Å²) in [7, 11) is 0. The first-order valence-electron chi connectivity index (χ1n) is 3.52. The Morgan fingerprint density at radius 2 is 2.15 bits per heavy atom. The van der Waals surface area contributed by atoms with E-state index in [0.29, 0.717) is 6.29 Å². The van der Waals surface area contributed by atoms with E-state index in [1.807, 2.05) is 0 Å². The molecule has 13 heavy (non-hydrogen) atoms. The summed E-state index contributed by atoms with van der Waals surface area (Å²) >= 11 is 5.52. The van der Waals surface area contributed by atoms with Crippen LogP contribution in [0.3, 0.4) is 0 Å². The molecule has 0 N–H and O–H groups in total. The van der Waals surface area contributed by atoms with E-state index in [1.54, 1.807) is 0 Å². The van der Waals surface area contributed by atoms with Crippen molar-refractivity contribution in [2.24, 2.45) is 0 Å². The molecule has 0 spiro atoms. The fourth-order valence-electron chi connectivity index (χ4n) is 0.949. The molecule has 0 saturated heterocycles. The lowest BCUT2D eigenvalue weighted by Gasteiger charge is -2.02. The Kier molecular flexibility index (Phi) is 2.78. The van der Waals surface area contributed by atoms with Crippen LogP contribution >= 0.6 is 11.6 Å². The van der Waals surface area contributed by atoms with Gasteiger partial charge in [-0.1, -0.05) is 11.6 Å². The lowest BCUT2D eigenvalue weighted by Crippen LogP contribution is -2.01. The maximum absolute atomic E-state index is 13.2. The molecule has 4 heteroatoms. The number of carbonyl (C=O) groups is 2. The Balaban J connectivity index is 3.44. The van der Waals surface area contributed by atoms with Crippen LogP contribution in [0.15, 0.2) is 12.1 Å². The zero-order valence-electron chi connectivity index (χ0n) is 6.80. The monoisotopic (exact) mass is 200 g/mol. The van der Waals surface area contributed by atoms with Crippen LogP contribution in [0.1, 0.15) is 27.6 Å². The number of aldehydes is 1. The summed E-state index contributed by atoms with van der Waals surface area (Å²) in [6, 6.07) is 2.58. The fourth-order valence-corrected chi connectivity index (χ4v) is 1.14. The average Bonchev–Trinajstić information content (AvgIpc) is 2.04. The summed E-state index contributed by atoms with van der Waals surface area (Å²) < 4.78 is 13.2. The lowest BCUT2D eigenvalue weighted by atomic mass is 10.1. The van der Waals surface area contributed by atoms with Gasteiger partial charge in [0.2, 0.25) is 0 Å². The zero-order valence-corrected chi connectivity index (χ0v) is 7.56. The highest BCUT2D eigenvalue weighted by Crippen LogP contribution is 2.20. The quantitative estimate of drug-likeness (QED) is 0.543. The Bertz CT molecular complexity index is 374. The normalized spacial score (nSPS) is 9.77. The van der Waals surface area contributed by atoms with Crippen LogP contribution < -0.4 is 0 Å². The predicted molar refractivity (Wildman–Crippen MR) is 46.8 cm³/mol. The van der Waals surface area contributed by atoms with E-state index >= 15 is 0 Å². The highest BCUT2D eigenvalue weighted by atomic mass is 35.5. The van der Waals surface area contributed by atoms with Gasteiger partial charge in [0.25, 0.3) is 0 Å². The highest BCUT2D eigenvalue weighted by Gasteiger charge is 2.13. The van der Waals surface area contributed by atoms with Crippen LogP contribution in [0, 0.1) is 5.82 Å². The molecule has 0 aliphatic rings. The van der Waals surface area contributed by atoms with Crippen molar-refractivity contribution in [3.05, 3.63) is 34.1 Å². The van der Waals surface area contributed by atoms with Gasteiger partial charge in [0.05, 0.1) is 16.1 Å². The van der Waals surface area contributed by atoms with Crippen molar-refractivity contribution in [2.75, 3.05) is 0 Å². The Morgan fingerprint density at radius 1 is 1.54 bits per heavy atom. The van der Waals surface area contributed by atoms with Crippen LogP contribution in [0.2, 0.25) is 5.02 Å². The van der Waals surface area contributed by atoms with Gasteiger partial charge >= 0.3 is 0 Å². The van der Waals surface area contributed by atoms with Gasteiger partial charge in [-0.05, 0) is 19.1 Å². The minimum absolute atomic E-state index is 0.0116. The van der Waals surface area contributed by atoms with Crippen LogP contribution in [-0.2, 0) is 0 Å². The van der Waals surface area contributed by atoms with E-state index in [4.69, 9.17) is 11.6 Å². The molecule has 0 aliphatic carbocycles. The summed E-state index contributed by atoms with van der Waals surface area (Å²) in [5.41, 5.74) is -0.388. The molecule has 1 rings (SSSR count). The third-order valence-corrected chi connectivity index (χ3v) is 1.95. The molecule has 0 unspecified atom stereocenters. The molecular formula is C9H6ClFO2. The summed E-state index contributed by atoms with van der Waals surface area (Å²) in [4.78, 5) is 21.2. The number of Topliss-reactive ketones (excluding diaryl/α,β-unsaturated/α-hetero) is 1. The average molecular weight is 201 g/mol. The van der Waals surface area contributed by atoms with Gasteiger partial charge in [0.1, 0.15) is 5.82 Å². The van der Waals surface area contributed by atoms with Crippen LogP contribution in [0.25, 0.3) is 0 Å². The van der Waals surface area contributed by atoms with Crippen molar-refractivity contribution in [2.45, 2.75) is 6.92 Å². The summed E-state index contributed by atoms with van der Waals surface area (Å²) in [5, 5.41) is 0.0116. The molecule has 0 saturated carbocycles. The second-order valence-corrected chi connectivity index (χ2v) is 2.90. The number of ketones is 1. The molecule has 0 heterocycles. The van der Waals surface area contributed by atoms with E-state index in [1.165, 1.54) is 19.1 Å². The van der Waals surface area contributed by atoms with Crippen molar-refractivity contribution >= 4 is 23.7 Å². The Morgan fingerprint density at radius 3 is 2.62 bits per heavy atom. The van der Waals surface area contributed by atoms with Crippen LogP contribution in [-0.4, -0.2) is 12.1 Å². The fraction of sp³-hybridized carbons (Fsp3) is 0.111. The third-order valence-electron chi connectivity index (χ3n) is 1.62. The summed E-state index contributed by atoms with van der Waals surface area (Å²) in [6.45, 7) is 1.22. The summed E-state index contributed by atoms with van der Waals surface area (Å²) in [6.07, 6.45) is 0.296. The van der Waals surface area contributed by atoms with Crippen LogP contribution in [0.4, 0.5) is 4.39 Å². The van der Waals surface area contributed by atoms with Gasteiger partial charge in [0.15, 0.2) is 12.1 Å². The number of benzene rings is 1. The molecule has 0 radical (unpaired) electrons. The molecule has 0 fully saturated rings. The molecule has 0 aromatic heterocycles.